The molecule has 0 bridgehead atoms. The van der Waals surface area contributed by atoms with Gasteiger partial charge in [-0.25, -0.2) is 0 Å². The number of nitrogens with one attached hydrogen (secondary N) is 1. The number of hydrogen-bond acceptors (Lipinski definition) is 3. The molecular formula is C10H8BrNO3. The van der Waals surface area contributed by atoms with E-state index in [4.69, 9.17) is 8.83 Å². The van der Waals surface area contributed by atoms with Gasteiger partial charge in [-0.15, -0.1) is 0 Å². The molecule has 2 aromatic rings. The molecule has 78 valence electrons. The van der Waals surface area contributed by atoms with Crippen LogP contribution in [-0.4, -0.2) is 5.91 Å². The first-order chi connectivity index (χ1) is 7.27. The molecule has 2 aromatic heterocycles. The van der Waals surface area contributed by atoms with E-state index in [1.54, 1.807) is 24.7 Å². The van der Waals surface area contributed by atoms with Crippen molar-refractivity contribution in [3.63, 3.8) is 0 Å². The van der Waals surface area contributed by atoms with Crippen molar-refractivity contribution >= 4 is 21.8 Å². The molecule has 1 amide bonds. The zero-order valence-electron chi connectivity index (χ0n) is 7.70. The van der Waals surface area contributed by atoms with Crippen LogP contribution >= 0.6 is 15.9 Å². The number of furan rings is 2. The maximum Gasteiger partial charge on any atom is 0.256 e. The Labute approximate surface area is 94.4 Å². The lowest BCUT2D eigenvalue weighted by atomic mass is 10.3. The van der Waals surface area contributed by atoms with Gasteiger partial charge in [-0.2, -0.15) is 0 Å². The highest BCUT2D eigenvalue weighted by molar-refractivity contribution is 9.10. The number of halogens is 1. The van der Waals surface area contributed by atoms with E-state index < -0.39 is 0 Å². The van der Waals surface area contributed by atoms with Crippen molar-refractivity contribution in [2.45, 2.75) is 6.54 Å². The summed E-state index contributed by atoms with van der Waals surface area (Å²) in [6.45, 7) is 0.437. The van der Waals surface area contributed by atoms with Gasteiger partial charge in [0.2, 0.25) is 0 Å². The number of rotatable bonds is 3. The Balaban J connectivity index is 1.96. The van der Waals surface area contributed by atoms with Crippen LogP contribution in [0, 0.1) is 0 Å². The lowest BCUT2D eigenvalue weighted by Gasteiger charge is -2.00. The van der Waals surface area contributed by atoms with Gasteiger partial charge in [0.05, 0.1) is 24.4 Å². The highest BCUT2D eigenvalue weighted by atomic mass is 79.9. The van der Waals surface area contributed by atoms with Crippen molar-refractivity contribution in [1.82, 2.24) is 5.32 Å². The van der Waals surface area contributed by atoms with Crippen molar-refractivity contribution < 1.29 is 13.6 Å². The fraction of sp³-hybridized carbons (Fsp3) is 0.100. The number of carbonyl (C=O) groups is 1. The smallest absolute Gasteiger partial charge is 0.256 e. The van der Waals surface area contributed by atoms with Gasteiger partial charge in [0, 0.05) is 12.1 Å². The van der Waals surface area contributed by atoms with Gasteiger partial charge in [0.25, 0.3) is 5.91 Å². The van der Waals surface area contributed by atoms with Crippen LogP contribution in [0.4, 0.5) is 0 Å². The fourth-order valence-corrected chi connectivity index (χ4v) is 1.55. The summed E-state index contributed by atoms with van der Waals surface area (Å²) < 4.78 is 10.3. The molecule has 0 aromatic carbocycles. The Kier molecular flexibility index (Phi) is 2.91. The van der Waals surface area contributed by atoms with Gasteiger partial charge in [0.15, 0.2) is 4.67 Å². The molecule has 0 spiro atoms. The first kappa shape index (κ1) is 10.0. The molecule has 0 radical (unpaired) electrons. The molecule has 0 aliphatic carbocycles. The third-order valence-corrected chi connectivity index (χ3v) is 2.51. The quantitative estimate of drug-likeness (QED) is 0.932. The average Bonchev–Trinajstić information content (AvgIpc) is 2.84. The van der Waals surface area contributed by atoms with Gasteiger partial charge in [-0.3, -0.25) is 4.79 Å². The maximum absolute atomic E-state index is 11.6. The van der Waals surface area contributed by atoms with Crippen LogP contribution < -0.4 is 5.32 Å². The van der Waals surface area contributed by atoms with E-state index >= 15 is 0 Å². The van der Waals surface area contributed by atoms with Gasteiger partial charge in [0.1, 0.15) is 0 Å². The minimum absolute atomic E-state index is 0.183. The van der Waals surface area contributed by atoms with Gasteiger partial charge < -0.3 is 14.2 Å². The molecule has 2 heterocycles. The summed E-state index contributed by atoms with van der Waals surface area (Å²) in [4.78, 5) is 11.6. The summed E-state index contributed by atoms with van der Waals surface area (Å²) in [5.41, 5.74) is 1.40. The third kappa shape index (κ3) is 2.30. The molecule has 15 heavy (non-hydrogen) atoms. The molecule has 0 aliphatic heterocycles. The first-order valence-electron chi connectivity index (χ1n) is 4.29. The van der Waals surface area contributed by atoms with Crippen molar-refractivity contribution in [2.75, 3.05) is 0 Å². The van der Waals surface area contributed by atoms with Gasteiger partial charge >= 0.3 is 0 Å². The third-order valence-electron chi connectivity index (χ3n) is 1.90. The molecule has 0 saturated carbocycles. The molecule has 0 atom stereocenters. The summed E-state index contributed by atoms with van der Waals surface area (Å²) in [6, 6.07) is 3.40. The fourth-order valence-electron chi connectivity index (χ4n) is 1.13. The standard InChI is InChI=1S/C10H8BrNO3/c11-9-8(2-4-15-9)10(13)12-5-7-1-3-14-6-7/h1-4,6H,5H2,(H,12,13). The lowest BCUT2D eigenvalue weighted by Crippen LogP contribution is -2.22. The van der Waals surface area contributed by atoms with E-state index in [1.807, 2.05) is 0 Å². The summed E-state index contributed by atoms with van der Waals surface area (Å²) in [5, 5.41) is 2.74. The minimum atomic E-state index is -0.183. The zero-order chi connectivity index (χ0) is 10.7. The molecule has 1 N–H and O–H groups in total. The lowest BCUT2D eigenvalue weighted by molar-refractivity contribution is 0.0949. The van der Waals surface area contributed by atoms with Crippen LogP contribution in [0.15, 0.2) is 44.4 Å². The Morgan fingerprint density at radius 1 is 1.40 bits per heavy atom. The van der Waals surface area contributed by atoms with E-state index in [9.17, 15) is 4.79 Å². The maximum atomic E-state index is 11.6. The molecule has 2 rings (SSSR count). The highest BCUT2D eigenvalue weighted by Crippen LogP contribution is 2.17. The van der Waals surface area contributed by atoms with Gasteiger partial charge in [-0.1, -0.05) is 0 Å². The second kappa shape index (κ2) is 4.35. The molecular weight excluding hydrogens is 262 g/mol. The molecule has 0 fully saturated rings. The topological polar surface area (TPSA) is 55.4 Å². The highest BCUT2D eigenvalue weighted by Gasteiger charge is 2.11. The zero-order valence-corrected chi connectivity index (χ0v) is 9.28. The Morgan fingerprint density at radius 2 is 2.27 bits per heavy atom. The largest absolute Gasteiger partial charge is 0.472 e. The first-order valence-corrected chi connectivity index (χ1v) is 5.09. The van der Waals surface area contributed by atoms with E-state index in [2.05, 4.69) is 21.2 Å². The summed E-state index contributed by atoms with van der Waals surface area (Å²) in [7, 11) is 0. The molecule has 0 unspecified atom stereocenters. The average molecular weight is 270 g/mol. The second-order valence-corrected chi connectivity index (χ2v) is 3.64. The Morgan fingerprint density at radius 3 is 2.87 bits per heavy atom. The van der Waals surface area contributed by atoms with Crippen molar-refractivity contribution in [3.8, 4) is 0 Å². The van der Waals surface area contributed by atoms with Crippen LogP contribution in [-0.2, 0) is 6.54 Å². The van der Waals surface area contributed by atoms with Crippen LogP contribution in [0.5, 0.6) is 0 Å². The Hall–Kier alpha value is -1.49. The predicted octanol–water partition coefficient (Wildman–Crippen LogP) is 2.57. The van der Waals surface area contributed by atoms with Gasteiger partial charge in [-0.05, 0) is 28.1 Å². The van der Waals surface area contributed by atoms with Crippen LogP contribution in [0.2, 0.25) is 0 Å². The van der Waals surface area contributed by atoms with E-state index in [-0.39, 0.29) is 5.91 Å². The summed E-state index contributed by atoms with van der Waals surface area (Å²) in [5.74, 6) is -0.183. The summed E-state index contributed by atoms with van der Waals surface area (Å²) in [6.07, 6.45) is 4.61. The SMILES string of the molecule is O=C(NCc1ccoc1)c1ccoc1Br. The van der Waals surface area contributed by atoms with Crippen molar-refractivity contribution in [1.29, 1.82) is 0 Å². The summed E-state index contributed by atoms with van der Waals surface area (Å²) >= 11 is 3.14. The minimum Gasteiger partial charge on any atom is -0.472 e. The number of hydrogen-bond donors (Lipinski definition) is 1. The predicted molar refractivity (Wildman–Crippen MR) is 56.3 cm³/mol. The van der Waals surface area contributed by atoms with E-state index in [1.165, 1.54) is 6.26 Å². The van der Waals surface area contributed by atoms with Crippen molar-refractivity contribution in [2.24, 2.45) is 0 Å². The van der Waals surface area contributed by atoms with Crippen LogP contribution in [0.3, 0.4) is 0 Å². The monoisotopic (exact) mass is 269 g/mol. The second-order valence-electron chi connectivity index (χ2n) is 2.92. The molecule has 0 saturated heterocycles. The molecule has 0 aliphatic rings. The number of carbonyl (C=O) groups excluding carboxylic acids is 1. The normalized spacial score (nSPS) is 10.2. The number of amides is 1. The van der Waals surface area contributed by atoms with Crippen LogP contribution in [0.1, 0.15) is 15.9 Å². The molecule has 5 heteroatoms. The van der Waals surface area contributed by atoms with Crippen molar-refractivity contribution in [3.05, 3.63) is 46.7 Å². The molecule has 4 nitrogen and oxygen atoms in total. The van der Waals surface area contributed by atoms with Crippen LogP contribution in [0.25, 0.3) is 0 Å². The Bertz CT molecular complexity index is 447. The van der Waals surface area contributed by atoms with E-state index in [0.29, 0.717) is 16.8 Å². The van der Waals surface area contributed by atoms with E-state index in [0.717, 1.165) is 5.56 Å².